The molecule has 2 amide bonds. The van der Waals surface area contributed by atoms with Gasteiger partial charge in [-0.3, -0.25) is 9.59 Å². The largest absolute Gasteiger partial charge is 0.346 e. The topological polar surface area (TPSA) is 70.6 Å². The molecule has 6 heteroatoms. The SMILES string of the molecule is C/C(=N/NC(=O)C(=O)NC(C)C)c1ccc(Br)cc1. The minimum Gasteiger partial charge on any atom is -0.346 e. The van der Waals surface area contributed by atoms with E-state index >= 15 is 0 Å². The molecule has 1 aromatic rings. The van der Waals surface area contributed by atoms with Crippen molar-refractivity contribution in [2.24, 2.45) is 5.10 Å². The smallest absolute Gasteiger partial charge is 0.329 e. The zero-order valence-electron chi connectivity index (χ0n) is 11.0. The summed E-state index contributed by atoms with van der Waals surface area (Å²) in [5, 5.41) is 6.38. The van der Waals surface area contributed by atoms with E-state index in [-0.39, 0.29) is 6.04 Å². The molecule has 0 radical (unpaired) electrons. The van der Waals surface area contributed by atoms with Gasteiger partial charge in [-0.25, -0.2) is 5.43 Å². The number of hydrazone groups is 1. The van der Waals surface area contributed by atoms with Crippen LogP contribution in [0.15, 0.2) is 33.8 Å². The highest BCUT2D eigenvalue weighted by Gasteiger charge is 2.13. The third kappa shape index (κ3) is 5.21. The van der Waals surface area contributed by atoms with Crippen LogP contribution in [0.1, 0.15) is 26.3 Å². The van der Waals surface area contributed by atoms with Crippen LogP contribution in [0.2, 0.25) is 0 Å². The highest BCUT2D eigenvalue weighted by molar-refractivity contribution is 9.10. The first-order chi connectivity index (χ1) is 8.90. The number of carbonyl (C=O) groups is 2. The van der Waals surface area contributed by atoms with Gasteiger partial charge in [-0.2, -0.15) is 5.10 Å². The minimum absolute atomic E-state index is 0.0881. The van der Waals surface area contributed by atoms with E-state index < -0.39 is 11.8 Å². The molecule has 0 heterocycles. The summed E-state index contributed by atoms with van der Waals surface area (Å²) in [5.74, 6) is -1.47. The lowest BCUT2D eigenvalue weighted by atomic mass is 10.1. The number of nitrogens with zero attached hydrogens (tertiary/aromatic N) is 1. The van der Waals surface area contributed by atoms with Crippen molar-refractivity contribution < 1.29 is 9.59 Å². The Morgan fingerprint density at radius 1 is 1.16 bits per heavy atom. The van der Waals surface area contributed by atoms with Crippen molar-refractivity contribution in [1.82, 2.24) is 10.7 Å². The van der Waals surface area contributed by atoms with Gasteiger partial charge >= 0.3 is 11.8 Å². The Morgan fingerprint density at radius 2 is 1.74 bits per heavy atom. The van der Waals surface area contributed by atoms with Crippen LogP contribution in [0.3, 0.4) is 0 Å². The number of nitrogens with one attached hydrogen (secondary N) is 2. The van der Waals surface area contributed by atoms with E-state index in [2.05, 4.69) is 31.8 Å². The molecule has 0 aromatic heterocycles. The second-order valence-corrected chi connectivity index (χ2v) is 5.19. The summed E-state index contributed by atoms with van der Waals surface area (Å²) in [5.41, 5.74) is 3.72. The zero-order chi connectivity index (χ0) is 14.4. The Bertz CT molecular complexity index is 495. The maximum Gasteiger partial charge on any atom is 0.329 e. The summed E-state index contributed by atoms with van der Waals surface area (Å²) in [6.45, 7) is 5.31. The van der Waals surface area contributed by atoms with Gasteiger partial charge in [0.25, 0.3) is 0 Å². The molecular weight excluding hydrogens is 310 g/mol. The predicted octanol–water partition coefficient (Wildman–Crippen LogP) is 1.81. The molecule has 0 aliphatic carbocycles. The highest BCUT2D eigenvalue weighted by Crippen LogP contribution is 2.10. The van der Waals surface area contributed by atoms with E-state index in [0.717, 1.165) is 10.0 Å². The van der Waals surface area contributed by atoms with Gasteiger partial charge in [0.2, 0.25) is 0 Å². The van der Waals surface area contributed by atoms with Gasteiger partial charge in [0.15, 0.2) is 0 Å². The standard InChI is InChI=1S/C13H16BrN3O2/c1-8(2)15-12(18)13(19)17-16-9(3)10-4-6-11(14)7-5-10/h4-8H,1-3H3,(H,15,18)(H,17,19)/b16-9-. The fourth-order valence-corrected chi connectivity index (χ4v) is 1.53. The van der Waals surface area contributed by atoms with Gasteiger partial charge in [-0.15, -0.1) is 0 Å². The summed E-state index contributed by atoms with van der Waals surface area (Å²) in [6.07, 6.45) is 0. The Hall–Kier alpha value is -1.69. The van der Waals surface area contributed by atoms with Crippen LogP contribution < -0.4 is 10.7 Å². The van der Waals surface area contributed by atoms with E-state index in [0.29, 0.717) is 5.71 Å². The monoisotopic (exact) mass is 325 g/mol. The summed E-state index contributed by atoms with van der Waals surface area (Å²) in [6, 6.07) is 7.39. The van der Waals surface area contributed by atoms with Crippen LogP contribution in [-0.4, -0.2) is 23.6 Å². The number of carbonyl (C=O) groups excluding carboxylic acids is 2. The lowest BCUT2D eigenvalue weighted by Gasteiger charge is -2.07. The van der Waals surface area contributed by atoms with Crippen molar-refractivity contribution in [1.29, 1.82) is 0 Å². The van der Waals surface area contributed by atoms with Crippen LogP contribution in [0.4, 0.5) is 0 Å². The van der Waals surface area contributed by atoms with Crippen molar-refractivity contribution in [3.8, 4) is 0 Å². The van der Waals surface area contributed by atoms with Gasteiger partial charge in [0, 0.05) is 10.5 Å². The molecule has 0 saturated heterocycles. The molecule has 0 bridgehead atoms. The average Bonchev–Trinajstić information content (AvgIpc) is 2.35. The molecule has 19 heavy (non-hydrogen) atoms. The average molecular weight is 326 g/mol. The molecule has 0 aliphatic heterocycles. The first-order valence-corrected chi connectivity index (χ1v) is 6.60. The molecule has 0 unspecified atom stereocenters. The van der Waals surface area contributed by atoms with Crippen molar-refractivity contribution >= 4 is 33.5 Å². The summed E-state index contributed by atoms with van der Waals surface area (Å²) in [4.78, 5) is 22.8. The zero-order valence-corrected chi connectivity index (χ0v) is 12.6. The summed E-state index contributed by atoms with van der Waals surface area (Å²) < 4.78 is 0.962. The molecule has 0 atom stereocenters. The Labute approximate surface area is 120 Å². The number of benzene rings is 1. The maximum atomic E-state index is 11.4. The third-order valence-corrected chi connectivity index (χ3v) is 2.74. The first-order valence-electron chi connectivity index (χ1n) is 5.81. The summed E-state index contributed by atoms with van der Waals surface area (Å²) >= 11 is 3.34. The van der Waals surface area contributed by atoms with Crippen molar-refractivity contribution in [3.63, 3.8) is 0 Å². The number of halogens is 1. The molecule has 0 saturated carbocycles. The van der Waals surface area contributed by atoms with E-state index in [4.69, 9.17) is 0 Å². The third-order valence-electron chi connectivity index (χ3n) is 2.21. The number of rotatable bonds is 3. The lowest BCUT2D eigenvalue weighted by Crippen LogP contribution is -2.41. The van der Waals surface area contributed by atoms with Gasteiger partial charge < -0.3 is 5.32 Å². The van der Waals surface area contributed by atoms with E-state index in [1.807, 2.05) is 24.3 Å². The Kier molecular flexibility index (Phi) is 5.69. The molecule has 102 valence electrons. The molecule has 0 fully saturated rings. The second kappa shape index (κ2) is 7.04. The fourth-order valence-electron chi connectivity index (χ4n) is 1.27. The second-order valence-electron chi connectivity index (χ2n) is 4.27. The quantitative estimate of drug-likeness (QED) is 0.505. The molecule has 5 nitrogen and oxygen atoms in total. The number of amides is 2. The normalized spacial score (nSPS) is 11.3. The Balaban J connectivity index is 2.63. The van der Waals surface area contributed by atoms with Crippen molar-refractivity contribution in [3.05, 3.63) is 34.3 Å². The van der Waals surface area contributed by atoms with Crippen molar-refractivity contribution in [2.45, 2.75) is 26.8 Å². The molecule has 1 rings (SSSR count). The highest BCUT2D eigenvalue weighted by atomic mass is 79.9. The number of hydrogen-bond acceptors (Lipinski definition) is 3. The van der Waals surface area contributed by atoms with Gasteiger partial charge in [-0.05, 0) is 38.5 Å². The molecule has 0 spiro atoms. The first kappa shape index (κ1) is 15.4. The van der Waals surface area contributed by atoms with Crippen LogP contribution in [0.25, 0.3) is 0 Å². The molecule has 1 aromatic carbocycles. The lowest BCUT2D eigenvalue weighted by molar-refractivity contribution is -0.139. The molecular formula is C13H16BrN3O2. The number of hydrogen-bond donors (Lipinski definition) is 2. The summed E-state index contributed by atoms with van der Waals surface area (Å²) in [7, 11) is 0. The predicted molar refractivity (Wildman–Crippen MR) is 77.8 cm³/mol. The van der Waals surface area contributed by atoms with Crippen LogP contribution in [-0.2, 0) is 9.59 Å². The van der Waals surface area contributed by atoms with Crippen molar-refractivity contribution in [2.75, 3.05) is 0 Å². The van der Waals surface area contributed by atoms with Crippen LogP contribution >= 0.6 is 15.9 Å². The molecule has 2 N–H and O–H groups in total. The Morgan fingerprint density at radius 3 is 2.26 bits per heavy atom. The molecule has 0 aliphatic rings. The van der Waals surface area contributed by atoms with Crippen LogP contribution in [0.5, 0.6) is 0 Å². The maximum absolute atomic E-state index is 11.4. The van der Waals surface area contributed by atoms with Gasteiger partial charge in [0.1, 0.15) is 0 Å². The van der Waals surface area contributed by atoms with E-state index in [1.165, 1.54) is 0 Å². The van der Waals surface area contributed by atoms with E-state index in [1.54, 1.807) is 20.8 Å². The van der Waals surface area contributed by atoms with Gasteiger partial charge in [0.05, 0.1) is 5.71 Å². The van der Waals surface area contributed by atoms with E-state index in [9.17, 15) is 9.59 Å². The van der Waals surface area contributed by atoms with Crippen LogP contribution in [0, 0.1) is 0 Å². The van der Waals surface area contributed by atoms with Gasteiger partial charge in [-0.1, -0.05) is 28.1 Å². The minimum atomic E-state index is -0.773. The fraction of sp³-hybridized carbons (Fsp3) is 0.308.